The summed E-state index contributed by atoms with van der Waals surface area (Å²) in [5.41, 5.74) is -1.25. The van der Waals surface area contributed by atoms with E-state index >= 15 is 0 Å². The lowest BCUT2D eigenvalue weighted by atomic mass is 10.0. The summed E-state index contributed by atoms with van der Waals surface area (Å²) in [4.78, 5) is 19.5. The van der Waals surface area contributed by atoms with Gasteiger partial charge in [-0.15, -0.1) is 0 Å². The number of benzene rings is 2. The minimum Gasteiger partial charge on any atom is -0.314 e. The van der Waals surface area contributed by atoms with Crippen LogP contribution in [0.25, 0.3) is 10.9 Å². The van der Waals surface area contributed by atoms with E-state index in [0.717, 1.165) is 10.6 Å². The first kappa shape index (κ1) is 27.1. The monoisotopic (exact) mass is 606 g/mol. The quantitative estimate of drug-likeness (QED) is 0.455. The Labute approximate surface area is 219 Å². The smallest absolute Gasteiger partial charge is 0.314 e. The molecule has 1 aliphatic rings. The number of alkyl halides is 3. The van der Waals surface area contributed by atoms with Gasteiger partial charge in [-0.2, -0.15) is 13.2 Å². The molecule has 1 saturated heterocycles. The Balaban J connectivity index is 1.84. The minimum atomic E-state index is -4.69. The summed E-state index contributed by atoms with van der Waals surface area (Å²) in [6, 6.07) is 5.05. The van der Waals surface area contributed by atoms with Crippen molar-refractivity contribution in [3.05, 3.63) is 67.1 Å². The molecule has 7 nitrogen and oxygen atoms in total. The van der Waals surface area contributed by atoms with Crippen LogP contribution in [0.5, 0.6) is 0 Å². The highest BCUT2D eigenvalue weighted by molar-refractivity contribution is 9.10. The van der Waals surface area contributed by atoms with E-state index in [4.69, 9.17) is 11.6 Å². The summed E-state index contributed by atoms with van der Waals surface area (Å²) in [5.74, 6) is -0.162. The average Bonchev–Trinajstić information content (AvgIpc) is 2.82. The van der Waals surface area contributed by atoms with Gasteiger partial charge in [0.25, 0.3) is 5.56 Å². The minimum absolute atomic E-state index is 0.00456. The Kier molecular flexibility index (Phi) is 7.82. The van der Waals surface area contributed by atoms with Crippen LogP contribution >= 0.6 is 27.5 Å². The first-order chi connectivity index (χ1) is 16.9. The predicted octanol–water partition coefficient (Wildman–Crippen LogP) is 4.08. The summed E-state index contributed by atoms with van der Waals surface area (Å²) in [5, 5.41) is 3.21. The van der Waals surface area contributed by atoms with Crippen LogP contribution in [0, 0.1) is 0 Å². The van der Waals surface area contributed by atoms with Gasteiger partial charge in [0.15, 0.2) is 9.84 Å². The van der Waals surface area contributed by atoms with E-state index < -0.39 is 27.1 Å². The highest BCUT2D eigenvalue weighted by atomic mass is 79.9. The molecule has 0 bridgehead atoms. The first-order valence-electron chi connectivity index (χ1n) is 11.1. The van der Waals surface area contributed by atoms with Crippen molar-refractivity contribution in [2.75, 3.05) is 31.9 Å². The third kappa shape index (κ3) is 5.47. The number of nitrogens with zero attached hydrogens (tertiary/aromatic N) is 3. The van der Waals surface area contributed by atoms with Gasteiger partial charge in [-0.3, -0.25) is 14.3 Å². The van der Waals surface area contributed by atoms with Crippen LogP contribution in [0.4, 0.5) is 13.2 Å². The second-order valence-electron chi connectivity index (χ2n) is 8.47. The number of fused-ring (bicyclic) bond motifs is 1. The molecule has 13 heteroatoms. The van der Waals surface area contributed by atoms with Crippen LogP contribution in [0.3, 0.4) is 0 Å². The van der Waals surface area contributed by atoms with Crippen molar-refractivity contribution in [3.8, 4) is 0 Å². The van der Waals surface area contributed by atoms with Crippen LogP contribution in [0.15, 0.2) is 44.8 Å². The van der Waals surface area contributed by atoms with Crippen molar-refractivity contribution in [3.63, 3.8) is 0 Å². The van der Waals surface area contributed by atoms with Crippen molar-refractivity contribution in [2.45, 2.75) is 31.1 Å². The van der Waals surface area contributed by atoms with E-state index in [1.807, 2.05) is 4.90 Å². The van der Waals surface area contributed by atoms with E-state index in [2.05, 4.69) is 26.2 Å². The molecule has 4 rings (SSSR count). The summed E-state index contributed by atoms with van der Waals surface area (Å²) >= 11 is 9.35. The molecule has 1 aliphatic heterocycles. The predicted molar refractivity (Wildman–Crippen MR) is 135 cm³/mol. The molecule has 0 aliphatic carbocycles. The number of piperazine rings is 1. The third-order valence-electron chi connectivity index (χ3n) is 6.13. The molecule has 0 atom stereocenters. The first-order valence-corrected chi connectivity index (χ1v) is 14.0. The normalized spacial score (nSPS) is 15.5. The fourth-order valence-corrected chi connectivity index (χ4v) is 6.19. The molecule has 2 aromatic carbocycles. The molecular weight excluding hydrogens is 585 g/mol. The molecule has 0 unspecified atom stereocenters. The standard InChI is InChI=1S/C23H23BrClF3N4O3S/c1-2-36(34,35)19-4-3-15(25)9-14(19)11-32-13-30-21-16(22(32)33)10-18(23(26,27)28)17(20(21)24)12-31-7-5-29-6-8-31/h3-4,9-10,13,29H,2,5-8,11-12H2,1H3. The van der Waals surface area contributed by atoms with Crippen LogP contribution in [0.1, 0.15) is 23.6 Å². The van der Waals surface area contributed by atoms with Crippen LogP contribution in [-0.2, 0) is 29.1 Å². The van der Waals surface area contributed by atoms with Crippen LogP contribution < -0.4 is 10.9 Å². The van der Waals surface area contributed by atoms with Gasteiger partial charge >= 0.3 is 6.18 Å². The second kappa shape index (κ2) is 10.4. The molecule has 0 amide bonds. The number of halogens is 5. The lowest BCUT2D eigenvalue weighted by Crippen LogP contribution is -2.43. The Bertz CT molecular complexity index is 1470. The SMILES string of the molecule is CCS(=O)(=O)c1ccc(Cl)cc1Cn1cnc2c(Br)c(CN3CCNCC3)c(C(F)(F)F)cc2c1=O. The third-order valence-corrected chi connectivity index (χ3v) is 9.05. The molecule has 2 heterocycles. The largest absolute Gasteiger partial charge is 0.416 e. The van der Waals surface area contributed by atoms with Gasteiger partial charge in [-0.1, -0.05) is 18.5 Å². The number of hydrogen-bond donors (Lipinski definition) is 1. The van der Waals surface area contributed by atoms with Gasteiger partial charge in [-0.25, -0.2) is 13.4 Å². The van der Waals surface area contributed by atoms with Crippen LogP contribution in [-0.4, -0.2) is 54.8 Å². The maximum absolute atomic E-state index is 14.1. The van der Waals surface area contributed by atoms with Gasteiger partial charge in [-0.05, 0) is 51.3 Å². The van der Waals surface area contributed by atoms with Crippen molar-refractivity contribution >= 4 is 48.3 Å². The molecule has 3 aromatic rings. The van der Waals surface area contributed by atoms with E-state index in [9.17, 15) is 26.4 Å². The van der Waals surface area contributed by atoms with Gasteiger partial charge < -0.3 is 5.32 Å². The molecule has 0 spiro atoms. The zero-order valence-electron chi connectivity index (χ0n) is 19.2. The number of rotatable bonds is 6. The maximum Gasteiger partial charge on any atom is 0.416 e. The van der Waals surface area contributed by atoms with Gasteiger partial charge in [0.05, 0.1) is 40.0 Å². The molecule has 194 valence electrons. The molecule has 1 fully saturated rings. The Morgan fingerprint density at radius 2 is 1.86 bits per heavy atom. The number of nitrogens with one attached hydrogen (secondary N) is 1. The van der Waals surface area contributed by atoms with Crippen LogP contribution in [0.2, 0.25) is 5.02 Å². The average molecular weight is 608 g/mol. The molecule has 1 N–H and O–H groups in total. The van der Waals surface area contributed by atoms with E-state index in [0.29, 0.717) is 26.2 Å². The van der Waals surface area contributed by atoms with Crippen molar-refractivity contribution in [1.82, 2.24) is 19.8 Å². The topological polar surface area (TPSA) is 84.3 Å². The second-order valence-corrected chi connectivity index (χ2v) is 11.9. The lowest BCUT2D eigenvalue weighted by molar-refractivity contribution is -0.138. The van der Waals surface area contributed by atoms with E-state index in [1.54, 1.807) is 0 Å². The molecule has 0 saturated carbocycles. The van der Waals surface area contributed by atoms with Crippen molar-refractivity contribution < 1.29 is 21.6 Å². The zero-order chi connectivity index (χ0) is 26.3. The Hall–Kier alpha value is -1.99. The van der Waals surface area contributed by atoms with E-state index in [1.165, 1.54) is 31.5 Å². The number of sulfone groups is 1. The molecular formula is C23H23BrClF3N4O3S. The van der Waals surface area contributed by atoms with Crippen molar-refractivity contribution in [1.29, 1.82) is 0 Å². The Morgan fingerprint density at radius 3 is 2.50 bits per heavy atom. The molecule has 1 aromatic heterocycles. The summed E-state index contributed by atoms with van der Waals surface area (Å²) in [6.45, 7) is 3.87. The fraction of sp³-hybridized carbons (Fsp3) is 0.391. The van der Waals surface area contributed by atoms with Gasteiger partial charge in [0.1, 0.15) is 0 Å². The maximum atomic E-state index is 14.1. The fourth-order valence-electron chi connectivity index (χ4n) is 4.23. The summed E-state index contributed by atoms with van der Waals surface area (Å²) in [7, 11) is -3.63. The highest BCUT2D eigenvalue weighted by Gasteiger charge is 2.36. The van der Waals surface area contributed by atoms with E-state index in [-0.39, 0.29) is 55.3 Å². The summed E-state index contributed by atoms with van der Waals surface area (Å²) < 4.78 is 68.6. The lowest BCUT2D eigenvalue weighted by Gasteiger charge is -2.29. The highest BCUT2D eigenvalue weighted by Crippen LogP contribution is 2.39. The number of hydrogen-bond acceptors (Lipinski definition) is 6. The zero-order valence-corrected chi connectivity index (χ0v) is 22.4. The van der Waals surface area contributed by atoms with Crippen molar-refractivity contribution in [2.24, 2.45) is 0 Å². The molecule has 0 radical (unpaired) electrons. The molecule has 36 heavy (non-hydrogen) atoms. The summed E-state index contributed by atoms with van der Waals surface area (Å²) in [6.07, 6.45) is -3.48. The van der Waals surface area contributed by atoms with Gasteiger partial charge in [0, 0.05) is 42.2 Å². The Morgan fingerprint density at radius 1 is 1.17 bits per heavy atom. The number of aromatic nitrogens is 2. The van der Waals surface area contributed by atoms with Gasteiger partial charge in [0.2, 0.25) is 0 Å².